The van der Waals surface area contributed by atoms with E-state index in [1.54, 1.807) is 19.2 Å². The van der Waals surface area contributed by atoms with Crippen molar-refractivity contribution in [3.63, 3.8) is 0 Å². The molecule has 5 nitrogen and oxygen atoms in total. The standard InChI is InChI=1S/C12H12ClN3O2S/c1-8-4-5-15-7-12(8)16-19(17,18)9-2-3-10(13)11(14)6-9/h2-7,16H,14H2,1H3. The van der Waals surface area contributed by atoms with Crippen LogP contribution < -0.4 is 10.5 Å². The lowest BCUT2D eigenvalue weighted by atomic mass is 10.3. The SMILES string of the molecule is Cc1ccncc1NS(=O)(=O)c1ccc(Cl)c(N)c1. The molecule has 2 aromatic rings. The van der Waals surface area contributed by atoms with Gasteiger partial charge in [0, 0.05) is 6.20 Å². The number of sulfonamides is 1. The summed E-state index contributed by atoms with van der Waals surface area (Å²) in [6.07, 6.45) is 3.04. The molecule has 0 amide bonds. The van der Waals surface area contributed by atoms with E-state index >= 15 is 0 Å². The molecule has 1 heterocycles. The number of nitrogens with zero attached hydrogens (tertiary/aromatic N) is 1. The van der Waals surface area contributed by atoms with E-state index in [0.29, 0.717) is 10.7 Å². The minimum atomic E-state index is -3.70. The first-order chi connectivity index (χ1) is 8.90. The number of aryl methyl sites for hydroxylation is 1. The Labute approximate surface area is 116 Å². The summed E-state index contributed by atoms with van der Waals surface area (Å²) in [5.41, 5.74) is 7.02. The molecule has 0 saturated heterocycles. The van der Waals surface area contributed by atoms with Gasteiger partial charge in [-0.1, -0.05) is 11.6 Å². The van der Waals surface area contributed by atoms with E-state index < -0.39 is 10.0 Å². The minimum Gasteiger partial charge on any atom is -0.397 e. The second-order valence-electron chi connectivity index (χ2n) is 3.98. The maximum atomic E-state index is 12.2. The second-order valence-corrected chi connectivity index (χ2v) is 6.07. The first-order valence-corrected chi connectivity index (χ1v) is 7.25. The Morgan fingerprint density at radius 2 is 2.05 bits per heavy atom. The summed E-state index contributed by atoms with van der Waals surface area (Å²) >= 11 is 5.77. The molecule has 0 fully saturated rings. The molecule has 2 rings (SSSR count). The number of hydrogen-bond donors (Lipinski definition) is 2. The van der Waals surface area contributed by atoms with Crippen LogP contribution in [0, 0.1) is 6.92 Å². The molecule has 19 heavy (non-hydrogen) atoms. The number of pyridine rings is 1. The van der Waals surface area contributed by atoms with Crippen molar-refractivity contribution in [2.75, 3.05) is 10.5 Å². The van der Waals surface area contributed by atoms with E-state index in [9.17, 15) is 8.42 Å². The smallest absolute Gasteiger partial charge is 0.262 e. The van der Waals surface area contributed by atoms with Gasteiger partial charge in [-0.05, 0) is 36.8 Å². The van der Waals surface area contributed by atoms with Crippen LogP contribution in [-0.2, 0) is 10.0 Å². The number of benzene rings is 1. The quantitative estimate of drug-likeness (QED) is 0.852. The molecule has 0 atom stereocenters. The van der Waals surface area contributed by atoms with E-state index in [4.69, 9.17) is 17.3 Å². The number of nitrogen functional groups attached to an aromatic ring is 1. The average molecular weight is 298 g/mol. The molecule has 0 aliphatic carbocycles. The van der Waals surface area contributed by atoms with Crippen LogP contribution in [0.1, 0.15) is 5.56 Å². The molecule has 0 bridgehead atoms. The number of aromatic nitrogens is 1. The number of anilines is 2. The van der Waals surface area contributed by atoms with Crippen molar-refractivity contribution in [3.8, 4) is 0 Å². The van der Waals surface area contributed by atoms with Crippen molar-refractivity contribution >= 4 is 33.0 Å². The molecule has 0 aliphatic heterocycles. The summed E-state index contributed by atoms with van der Waals surface area (Å²) in [5.74, 6) is 0. The van der Waals surface area contributed by atoms with Gasteiger partial charge >= 0.3 is 0 Å². The molecule has 0 aliphatic rings. The highest BCUT2D eigenvalue weighted by molar-refractivity contribution is 7.92. The Hall–Kier alpha value is -1.79. The number of rotatable bonds is 3. The predicted molar refractivity (Wildman–Crippen MR) is 75.6 cm³/mol. The van der Waals surface area contributed by atoms with Gasteiger partial charge in [0.15, 0.2) is 0 Å². The van der Waals surface area contributed by atoms with E-state index in [0.717, 1.165) is 5.56 Å². The fourth-order valence-electron chi connectivity index (χ4n) is 1.46. The van der Waals surface area contributed by atoms with E-state index in [2.05, 4.69) is 9.71 Å². The van der Waals surface area contributed by atoms with Gasteiger partial charge in [0.05, 0.1) is 27.5 Å². The summed E-state index contributed by atoms with van der Waals surface area (Å²) in [6, 6.07) is 5.87. The monoisotopic (exact) mass is 297 g/mol. The minimum absolute atomic E-state index is 0.0534. The molecule has 0 saturated carbocycles. The first kappa shape index (κ1) is 13.6. The first-order valence-electron chi connectivity index (χ1n) is 5.38. The molecule has 0 spiro atoms. The Morgan fingerprint density at radius 3 is 2.68 bits per heavy atom. The summed E-state index contributed by atoms with van der Waals surface area (Å²) in [4.78, 5) is 3.94. The van der Waals surface area contributed by atoms with Crippen LogP contribution in [0.2, 0.25) is 5.02 Å². The highest BCUT2D eigenvalue weighted by Gasteiger charge is 2.16. The molecular weight excluding hydrogens is 286 g/mol. The van der Waals surface area contributed by atoms with Gasteiger partial charge in [0.1, 0.15) is 0 Å². The molecular formula is C12H12ClN3O2S. The molecule has 1 aromatic heterocycles. The summed E-state index contributed by atoms with van der Waals surface area (Å²) in [6.45, 7) is 1.79. The summed E-state index contributed by atoms with van der Waals surface area (Å²) < 4.78 is 26.8. The van der Waals surface area contributed by atoms with E-state index in [1.165, 1.54) is 24.4 Å². The lowest BCUT2D eigenvalue weighted by Gasteiger charge is -2.10. The number of nitrogens with one attached hydrogen (secondary N) is 1. The topological polar surface area (TPSA) is 85.1 Å². The Morgan fingerprint density at radius 1 is 1.32 bits per heavy atom. The lowest BCUT2D eigenvalue weighted by Crippen LogP contribution is -2.14. The third-order valence-electron chi connectivity index (χ3n) is 2.56. The van der Waals surface area contributed by atoms with Crippen molar-refractivity contribution in [2.24, 2.45) is 0 Å². The van der Waals surface area contributed by atoms with Crippen LogP contribution in [-0.4, -0.2) is 13.4 Å². The van der Waals surface area contributed by atoms with Crippen LogP contribution in [0.15, 0.2) is 41.6 Å². The molecule has 3 N–H and O–H groups in total. The zero-order chi connectivity index (χ0) is 14.0. The Bertz CT molecular complexity index is 717. The average Bonchev–Trinajstić information content (AvgIpc) is 2.35. The van der Waals surface area contributed by atoms with Gasteiger partial charge in [0.25, 0.3) is 10.0 Å². The molecule has 0 unspecified atom stereocenters. The summed E-state index contributed by atoms with van der Waals surface area (Å²) in [7, 11) is -3.70. The van der Waals surface area contributed by atoms with Gasteiger partial charge in [-0.3, -0.25) is 9.71 Å². The predicted octanol–water partition coefficient (Wildman–Crippen LogP) is 2.43. The molecule has 7 heteroatoms. The zero-order valence-corrected chi connectivity index (χ0v) is 11.7. The maximum absolute atomic E-state index is 12.2. The lowest BCUT2D eigenvalue weighted by molar-refractivity contribution is 0.601. The Balaban J connectivity index is 2.38. The van der Waals surface area contributed by atoms with Crippen molar-refractivity contribution < 1.29 is 8.42 Å². The maximum Gasteiger partial charge on any atom is 0.262 e. The van der Waals surface area contributed by atoms with Crippen LogP contribution >= 0.6 is 11.6 Å². The van der Waals surface area contributed by atoms with Gasteiger partial charge in [-0.2, -0.15) is 0 Å². The summed E-state index contributed by atoms with van der Waals surface area (Å²) in [5, 5.41) is 0.316. The third kappa shape index (κ3) is 2.97. The van der Waals surface area contributed by atoms with Gasteiger partial charge in [-0.15, -0.1) is 0 Å². The van der Waals surface area contributed by atoms with Crippen molar-refractivity contribution in [2.45, 2.75) is 11.8 Å². The molecule has 1 aromatic carbocycles. The van der Waals surface area contributed by atoms with Crippen molar-refractivity contribution in [3.05, 3.63) is 47.2 Å². The third-order valence-corrected chi connectivity index (χ3v) is 4.27. The number of hydrogen-bond acceptors (Lipinski definition) is 4. The van der Waals surface area contributed by atoms with Gasteiger partial charge in [0.2, 0.25) is 0 Å². The number of nitrogens with two attached hydrogens (primary N) is 1. The molecule has 0 radical (unpaired) electrons. The van der Waals surface area contributed by atoms with Crippen LogP contribution in [0.25, 0.3) is 0 Å². The van der Waals surface area contributed by atoms with Gasteiger partial charge < -0.3 is 5.73 Å². The molecule has 100 valence electrons. The van der Waals surface area contributed by atoms with Crippen LogP contribution in [0.5, 0.6) is 0 Å². The highest BCUT2D eigenvalue weighted by Crippen LogP contribution is 2.24. The zero-order valence-electron chi connectivity index (χ0n) is 10.1. The normalized spacial score (nSPS) is 11.3. The fraction of sp³-hybridized carbons (Fsp3) is 0.0833. The van der Waals surface area contributed by atoms with E-state index in [1.807, 2.05) is 0 Å². The van der Waals surface area contributed by atoms with Gasteiger partial charge in [-0.25, -0.2) is 8.42 Å². The van der Waals surface area contributed by atoms with Crippen LogP contribution in [0.4, 0.5) is 11.4 Å². The fourth-order valence-corrected chi connectivity index (χ4v) is 2.73. The number of halogens is 1. The highest BCUT2D eigenvalue weighted by atomic mass is 35.5. The second kappa shape index (κ2) is 5.07. The van der Waals surface area contributed by atoms with Crippen molar-refractivity contribution in [1.29, 1.82) is 0 Å². The van der Waals surface area contributed by atoms with Crippen molar-refractivity contribution in [1.82, 2.24) is 4.98 Å². The largest absolute Gasteiger partial charge is 0.397 e. The van der Waals surface area contributed by atoms with Crippen LogP contribution in [0.3, 0.4) is 0 Å². The Kier molecular flexibility index (Phi) is 3.64. The van der Waals surface area contributed by atoms with E-state index in [-0.39, 0.29) is 10.6 Å².